The van der Waals surface area contributed by atoms with Crippen molar-refractivity contribution in [3.63, 3.8) is 0 Å². The Morgan fingerprint density at radius 2 is 0.980 bits per heavy atom. The first kappa shape index (κ1) is 40.4. The van der Waals surface area contributed by atoms with Crippen LogP contribution in [-0.4, -0.2) is 45.0 Å². The lowest BCUT2D eigenvalue weighted by atomic mass is 9.97. The molecule has 0 heterocycles. The molecule has 0 aromatic heterocycles. The van der Waals surface area contributed by atoms with Crippen LogP contribution in [0.2, 0.25) is 2.82 Å². The summed E-state index contributed by atoms with van der Waals surface area (Å²) >= 11 is 0. The van der Waals surface area contributed by atoms with Gasteiger partial charge in [-0.2, -0.15) is 0 Å². The number of carbonyl (C=O) groups is 5. The Hall–Kier alpha value is -4.99. The van der Waals surface area contributed by atoms with Gasteiger partial charge in [0.05, 0.1) is 5.56 Å². The summed E-state index contributed by atoms with van der Waals surface area (Å²) in [5.74, 6) is -0.624. The summed E-state index contributed by atoms with van der Waals surface area (Å²) in [5.41, 5.74) is 8.42. The van der Waals surface area contributed by atoms with Gasteiger partial charge in [-0.05, 0) is 70.5 Å². The van der Waals surface area contributed by atoms with E-state index in [1.165, 1.54) is 5.56 Å². The van der Waals surface area contributed by atoms with Crippen LogP contribution in [0, 0.1) is 11.8 Å². The zero-order chi connectivity index (χ0) is 42.7. The molecule has 0 spiro atoms. The highest BCUT2D eigenvalue weighted by Gasteiger charge is 2.11. The number of aromatic carboxylic acids is 1. The van der Waals surface area contributed by atoms with Crippen LogP contribution in [0.25, 0.3) is 4.29 Å². The fourth-order valence-electron chi connectivity index (χ4n) is 4.08. The minimum Gasteiger partial charge on any atom is -0.481 e. The Morgan fingerprint density at radius 3 is 1.31 bits per heavy atom. The number of benzene rings is 3. The summed E-state index contributed by atoms with van der Waals surface area (Å²) < 4.78 is 32.3. The maximum Gasteiger partial charge on any atom is 0.335 e. The average Bonchev–Trinajstić information content (AvgIpc) is 3.17. The lowest BCUT2D eigenvalue weighted by Crippen LogP contribution is -2.14. The summed E-state index contributed by atoms with van der Waals surface area (Å²) in [5, 5.41) is 11.3. The normalized spacial score (nSPS) is 10.8. The molecule has 0 aliphatic heterocycles. The van der Waals surface area contributed by atoms with Gasteiger partial charge in [-0.15, -0.1) is 0 Å². The van der Waals surface area contributed by atoms with Gasteiger partial charge in [0.2, 0.25) is 11.8 Å². The van der Waals surface area contributed by atoms with Crippen molar-refractivity contribution in [1.82, 2.24) is 0 Å². The third-order valence-electron chi connectivity index (χ3n) is 6.62. The van der Waals surface area contributed by atoms with Crippen molar-refractivity contribution in [2.75, 3.05) is 0 Å². The number of hydrogen-bond donors (Lipinski definition) is 5. The first-order valence-corrected chi connectivity index (χ1v) is 16.5. The molecule has 0 aliphatic rings. The van der Waals surface area contributed by atoms with E-state index in [9.17, 15) is 24.0 Å². The fraction of sp³-hybridized carbons (Fsp3) is 0.439. The van der Waals surface area contributed by atoms with E-state index in [0.29, 0.717) is 41.4 Å². The molecule has 3 aromatic rings. The fourth-order valence-corrected chi connectivity index (χ4v) is 4.08. The van der Waals surface area contributed by atoms with E-state index in [4.69, 9.17) is 7.12 Å². The predicted octanol–water partition coefficient (Wildman–Crippen LogP) is 9.20. The van der Waals surface area contributed by atoms with Crippen LogP contribution < -0.4 is 11.5 Å². The molecule has 284 valence electrons. The van der Waals surface area contributed by atoms with Gasteiger partial charge in [0.25, 0.3) is 4.29 Å². The van der Waals surface area contributed by atoms with Gasteiger partial charge in [-0.3, -0.25) is 19.2 Å². The molecule has 0 atom stereocenters. The minimum absolute atomic E-state index is 0. The Kier molecular flexibility index (Phi) is 21.3. The molecule has 0 saturated heterocycles. The molecule has 0 saturated carbocycles. The van der Waals surface area contributed by atoms with Crippen LogP contribution in [0.15, 0.2) is 72.8 Å². The number of nitrogens with two attached hydrogens (primary N) is 2. The lowest BCUT2D eigenvalue weighted by molar-refractivity contribution is -0.138. The zero-order valence-electron chi connectivity index (χ0n) is 36.0. The highest BCUT2D eigenvalue weighted by Crippen LogP contribution is 2.19. The summed E-state index contributed by atoms with van der Waals surface area (Å²) in [7, 11) is 0. The second kappa shape index (κ2) is 26.8. The summed E-state index contributed by atoms with van der Waals surface area (Å²) in [4.78, 5) is 53.8. The van der Waals surface area contributed by atoms with Gasteiger partial charge in [0.15, 0.2) is 2.82 Å². The molecule has 0 aliphatic carbocycles. The topological polar surface area (TPSA) is 198 Å². The van der Waals surface area contributed by atoms with Gasteiger partial charge in [-0.25, -0.2) is 4.79 Å². The molecule has 0 bridgehead atoms. The molecule has 51 heavy (non-hydrogen) atoms. The standard InChI is InChI=1S/2C10H13NO.C10H12O2.2C5H10O2.CH4/c1-7(2)8-3-5-9(6-4-8)10(11)12;2*1-7(2)8-5-3-4-6-9(8)10(11)12;2*1-4(2)3-5(6)7;/h2*3-7H,1-2H3,(H2,11,12);3-7H,1-2H3,(H,11,12);2*4H,3H2,1-2H3,(H,6,7);1H4/i/hT5. The van der Waals surface area contributed by atoms with E-state index in [1.54, 1.807) is 36.4 Å². The number of hydrogen-bond acceptors (Lipinski definition) is 8. The maximum absolute atomic E-state index is 11.2. The van der Waals surface area contributed by atoms with Crippen LogP contribution in [0.5, 0.6) is 0 Å². The maximum atomic E-state index is 11.2. The molecule has 3 aromatic carbocycles. The van der Waals surface area contributed by atoms with Crippen molar-refractivity contribution in [3.05, 3.63) is 106 Å². The monoisotopic (exact) mass is 720 g/mol. The first-order chi connectivity index (χ1) is 25.8. The van der Waals surface area contributed by atoms with Crippen molar-refractivity contribution in [2.45, 2.75) is 107 Å². The third-order valence-corrected chi connectivity index (χ3v) is 6.62. The van der Waals surface area contributed by atoms with Crippen molar-refractivity contribution in [3.8, 4) is 0 Å². The summed E-state index contributed by atoms with van der Waals surface area (Å²) in [6, 6.07) is 21.8. The highest BCUT2D eigenvalue weighted by molar-refractivity contribution is 5.94. The van der Waals surface area contributed by atoms with E-state index in [0.717, 1.165) is 11.1 Å². The van der Waals surface area contributed by atoms with Crippen LogP contribution in [0.1, 0.15) is 155 Å². The number of amides is 2. The second-order valence-electron chi connectivity index (χ2n) is 13.1. The number of carboxylic acid groups (broad SMARTS) is 3. The minimum atomic E-state index is -0.593. The first-order valence-electron chi connectivity index (χ1n) is 18.7. The molecular formula is C41H62N2O8. The van der Waals surface area contributed by atoms with Gasteiger partial charge >= 0.3 is 17.9 Å². The van der Waals surface area contributed by atoms with E-state index in [2.05, 4.69) is 29.2 Å². The van der Waals surface area contributed by atoms with E-state index < -0.39 is 17.9 Å². The highest BCUT2D eigenvalue weighted by atomic mass is 16.4. The summed E-state index contributed by atoms with van der Waals surface area (Å²) in [6.45, 7) is 19.8. The van der Waals surface area contributed by atoms with Crippen LogP contribution in [-0.2, 0) is 9.59 Å². The predicted molar refractivity (Wildman–Crippen MR) is 207 cm³/mol. The molecule has 3 rings (SSSR count). The van der Waals surface area contributed by atoms with E-state index in [-0.39, 0.29) is 37.0 Å². The average molecular weight is 721 g/mol. The number of carboxylic acids is 3. The van der Waals surface area contributed by atoms with Crippen LogP contribution >= 0.6 is 0 Å². The number of primary amides is 2. The Balaban J connectivity index is -0.000000635. The van der Waals surface area contributed by atoms with Gasteiger partial charge in [0, 0.05) is 24.0 Å². The third kappa shape index (κ3) is 23.9. The Labute approximate surface area is 312 Å². The van der Waals surface area contributed by atoms with Crippen molar-refractivity contribution >= 4 is 29.7 Å². The molecule has 0 unspecified atom stereocenters. The largest absolute Gasteiger partial charge is 0.481 e. The molecule has 10 nitrogen and oxygen atoms in total. The second-order valence-corrected chi connectivity index (χ2v) is 13.1. The van der Waals surface area contributed by atoms with Crippen molar-refractivity contribution in [2.24, 2.45) is 23.3 Å². The Morgan fingerprint density at radius 1 is 0.569 bits per heavy atom. The van der Waals surface area contributed by atoms with E-state index in [1.807, 2.05) is 103 Å². The van der Waals surface area contributed by atoms with Gasteiger partial charge in [0.1, 0.15) is 0 Å². The van der Waals surface area contributed by atoms with E-state index >= 15 is 0 Å². The molecule has 2 amide bonds. The number of rotatable bonds is 10. The smallest absolute Gasteiger partial charge is 0.335 e. The van der Waals surface area contributed by atoms with Gasteiger partial charge < -0.3 is 26.8 Å². The van der Waals surface area contributed by atoms with Gasteiger partial charge in [-0.1, -0.05) is 125 Å². The molecular weight excluding hydrogens is 648 g/mol. The quantitative estimate of drug-likeness (QED) is 0.136. The molecule has 0 fully saturated rings. The SMILES string of the molecule is C.[3H]NC(=O)c1ccc(C(C)C)cc1.[3H]NC(=O)c1ccccc1C(C)C.[3H]OC(=O)CC(C)C.[3H]OC(=O)CC(C)C.[3H]OC(=O)c1ccccc1C(C)C. The zero-order valence-corrected chi connectivity index (χ0v) is 31.0. The number of aliphatic carboxylic acids is 2. The molecule has 7 N–H and O–H groups in total. The molecule has 0 radical (unpaired) electrons. The van der Waals surface area contributed by atoms with Crippen LogP contribution in [0.3, 0.4) is 0 Å². The van der Waals surface area contributed by atoms with Crippen LogP contribution in [0.4, 0.5) is 0 Å². The van der Waals surface area contributed by atoms with Crippen molar-refractivity contribution < 1.29 is 42.1 Å². The van der Waals surface area contributed by atoms with Crippen molar-refractivity contribution in [1.29, 1.82) is 4.29 Å². The molecule has 10 heteroatoms. The number of carbonyl (C=O) groups excluding carboxylic acids is 2. The lowest BCUT2D eigenvalue weighted by Gasteiger charge is -2.08. The summed E-state index contributed by atoms with van der Waals surface area (Å²) in [6.07, 6.45) is 0.674. The Bertz CT molecular complexity index is 1500.